The molecule has 0 aliphatic heterocycles. The van der Waals surface area contributed by atoms with Crippen LogP contribution in [-0.4, -0.2) is 37.3 Å². The quantitative estimate of drug-likeness (QED) is 0.787. The SMILES string of the molecule is COc1cccc(NC(=O)CN(C)[C@@]2(c3ccccc3Cl)CCCCC2=O)c1. The molecular weight excluding hydrogens is 376 g/mol. The molecule has 1 saturated carbocycles. The van der Waals surface area contributed by atoms with Gasteiger partial charge in [-0.15, -0.1) is 0 Å². The minimum atomic E-state index is -0.873. The normalized spacial score (nSPS) is 19.5. The van der Waals surface area contributed by atoms with Gasteiger partial charge in [0.1, 0.15) is 11.3 Å². The second-order valence-corrected chi connectivity index (χ2v) is 7.51. The number of carbonyl (C=O) groups is 2. The van der Waals surface area contributed by atoms with Crippen molar-refractivity contribution in [3.63, 3.8) is 0 Å². The zero-order valence-corrected chi connectivity index (χ0v) is 17.0. The highest BCUT2D eigenvalue weighted by atomic mass is 35.5. The van der Waals surface area contributed by atoms with Crippen LogP contribution in [0.2, 0.25) is 5.02 Å². The molecule has 2 aromatic carbocycles. The number of hydrogen-bond acceptors (Lipinski definition) is 4. The van der Waals surface area contributed by atoms with Gasteiger partial charge in [0.05, 0.1) is 13.7 Å². The summed E-state index contributed by atoms with van der Waals surface area (Å²) in [6.45, 7) is 0.0776. The number of nitrogens with zero attached hydrogens (tertiary/aromatic N) is 1. The van der Waals surface area contributed by atoms with Crippen LogP contribution in [0.25, 0.3) is 0 Å². The summed E-state index contributed by atoms with van der Waals surface area (Å²) in [5, 5.41) is 3.43. The molecule has 1 amide bonds. The van der Waals surface area contributed by atoms with E-state index in [1.807, 2.05) is 42.3 Å². The first-order valence-electron chi connectivity index (χ1n) is 9.41. The molecule has 0 bridgehead atoms. The Bertz CT molecular complexity index is 870. The van der Waals surface area contributed by atoms with Gasteiger partial charge in [0.2, 0.25) is 5.91 Å². The monoisotopic (exact) mass is 400 g/mol. The molecule has 0 radical (unpaired) electrons. The first kappa shape index (κ1) is 20.4. The van der Waals surface area contributed by atoms with E-state index in [-0.39, 0.29) is 18.2 Å². The second kappa shape index (κ2) is 8.76. The number of anilines is 1. The van der Waals surface area contributed by atoms with Crippen LogP contribution in [-0.2, 0) is 15.1 Å². The van der Waals surface area contributed by atoms with E-state index in [2.05, 4.69) is 5.32 Å². The average Bonchev–Trinajstić information content (AvgIpc) is 2.69. The Morgan fingerprint density at radius 3 is 2.71 bits per heavy atom. The Hall–Kier alpha value is -2.37. The van der Waals surface area contributed by atoms with Crippen molar-refractivity contribution in [3.8, 4) is 5.75 Å². The Morgan fingerprint density at radius 2 is 2.00 bits per heavy atom. The first-order chi connectivity index (χ1) is 13.5. The maximum Gasteiger partial charge on any atom is 0.238 e. The van der Waals surface area contributed by atoms with Crippen molar-refractivity contribution in [1.82, 2.24) is 4.90 Å². The van der Waals surface area contributed by atoms with Crippen molar-refractivity contribution in [2.45, 2.75) is 31.2 Å². The lowest BCUT2D eigenvalue weighted by atomic mass is 9.74. The highest BCUT2D eigenvalue weighted by molar-refractivity contribution is 6.31. The number of rotatable bonds is 6. The fourth-order valence-corrected chi connectivity index (χ4v) is 4.25. The summed E-state index contributed by atoms with van der Waals surface area (Å²) in [7, 11) is 3.40. The number of ketones is 1. The van der Waals surface area contributed by atoms with Crippen LogP contribution >= 0.6 is 11.6 Å². The lowest BCUT2D eigenvalue weighted by molar-refractivity contribution is -0.135. The Morgan fingerprint density at radius 1 is 1.21 bits per heavy atom. The molecule has 0 spiro atoms. The van der Waals surface area contributed by atoms with Gasteiger partial charge < -0.3 is 10.1 Å². The van der Waals surface area contributed by atoms with Crippen molar-refractivity contribution in [1.29, 1.82) is 0 Å². The molecule has 1 aliphatic carbocycles. The van der Waals surface area contributed by atoms with E-state index in [1.165, 1.54) is 0 Å². The topological polar surface area (TPSA) is 58.6 Å². The molecule has 3 rings (SSSR count). The third-order valence-corrected chi connectivity index (χ3v) is 5.69. The number of halogens is 1. The lowest BCUT2D eigenvalue weighted by Crippen LogP contribution is -2.54. The largest absolute Gasteiger partial charge is 0.497 e. The van der Waals surface area contributed by atoms with E-state index in [4.69, 9.17) is 16.3 Å². The van der Waals surface area contributed by atoms with E-state index >= 15 is 0 Å². The third-order valence-electron chi connectivity index (χ3n) is 5.36. The van der Waals surface area contributed by atoms with Gasteiger partial charge in [-0.1, -0.05) is 42.3 Å². The molecule has 0 unspecified atom stereocenters. The number of Topliss-reactive ketones (excluding diaryl/α,β-unsaturated/α-hetero) is 1. The Kier molecular flexibility index (Phi) is 6.37. The van der Waals surface area contributed by atoms with Crippen molar-refractivity contribution in [2.24, 2.45) is 0 Å². The molecular formula is C22H25ClN2O3. The van der Waals surface area contributed by atoms with E-state index in [1.54, 1.807) is 25.3 Å². The fraction of sp³-hybridized carbons (Fsp3) is 0.364. The number of carbonyl (C=O) groups excluding carboxylic acids is 2. The molecule has 0 heterocycles. The van der Waals surface area contributed by atoms with Crippen LogP contribution in [0.4, 0.5) is 5.69 Å². The molecule has 5 nitrogen and oxygen atoms in total. The zero-order valence-electron chi connectivity index (χ0n) is 16.2. The molecule has 0 saturated heterocycles. The lowest BCUT2D eigenvalue weighted by Gasteiger charge is -2.43. The van der Waals surface area contributed by atoms with Crippen molar-refractivity contribution < 1.29 is 14.3 Å². The summed E-state index contributed by atoms with van der Waals surface area (Å²) in [6, 6.07) is 14.6. The standard InChI is InChI=1S/C22H25ClN2O3/c1-25(15-21(27)24-16-8-7-9-17(14-16)28-2)22(13-6-5-12-20(22)26)18-10-3-4-11-19(18)23/h3-4,7-11,14H,5-6,12-13,15H2,1-2H3,(H,24,27)/t22-/m1/s1. The van der Waals surface area contributed by atoms with Crippen LogP contribution < -0.4 is 10.1 Å². The van der Waals surface area contributed by atoms with Crippen LogP contribution in [0.1, 0.15) is 31.2 Å². The highest BCUT2D eigenvalue weighted by Crippen LogP contribution is 2.42. The zero-order chi connectivity index (χ0) is 20.1. The van der Waals surface area contributed by atoms with Gasteiger partial charge in [0, 0.05) is 23.2 Å². The molecule has 148 valence electrons. The molecule has 1 atom stereocenters. The van der Waals surface area contributed by atoms with Gasteiger partial charge in [-0.25, -0.2) is 0 Å². The predicted molar refractivity (Wildman–Crippen MR) is 111 cm³/mol. The van der Waals surface area contributed by atoms with Gasteiger partial charge in [0.15, 0.2) is 5.78 Å². The molecule has 6 heteroatoms. The van der Waals surface area contributed by atoms with E-state index in [0.717, 1.165) is 18.4 Å². The predicted octanol–water partition coefficient (Wildman–Crippen LogP) is 4.26. The second-order valence-electron chi connectivity index (χ2n) is 7.11. The summed E-state index contributed by atoms with van der Waals surface area (Å²) < 4.78 is 5.19. The highest BCUT2D eigenvalue weighted by Gasteiger charge is 2.46. The average molecular weight is 401 g/mol. The smallest absolute Gasteiger partial charge is 0.238 e. The van der Waals surface area contributed by atoms with E-state index < -0.39 is 5.54 Å². The summed E-state index contributed by atoms with van der Waals surface area (Å²) in [5.41, 5.74) is 0.556. The maximum absolute atomic E-state index is 13.1. The summed E-state index contributed by atoms with van der Waals surface area (Å²) in [5.74, 6) is 0.588. The Balaban J connectivity index is 1.84. The fourth-order valence-electron chi connectivity index (χ4n) is 3.96. The van der Waals surface area contributed by atoms with Gasteiger partial charge in [0.25, 0.3) is 0 Å². The molecule has 1 aliphatic rings. The number of methoxy groups -OCH3 is 1. The number of nitrogens with one attached hydrogen (secondary N) is 1. The number of hydrogen-bond donors (Lipinski definition) is 1. The van der Waals surface area contributed by atoms with E-state index in [0.29, 0.717) is 29.3 Å². The molecule has 1 fully saturated rings. The number of amides is 1. The molecule has 0 aromatic heterocycles. The maximum atomic E-state index is 13.1. The van der Waals surface area contributed by atoms with Crippen molar-refractivity contribution in [3.05, 3.63) is 59.1 Å². The molecule has 2 aromatic rings. The number of ether oxygens (including phenoxy) is 1. The molecule has 1 N–H and O–H groups in total. The summed E-state index contributed by atoms with van der Waals surface area (Å²) >= 11 is 6.46. The van der Waals surface area contributed by atoms with Gasteiger partial charge >= 0.3 is 0 Å². The summed E-state index contributed by atoms with van der Waals surface area (Å²) in [6.07, 6.45) is 2.93. The van der Waals surface area contributed by atoms with Crippen LogP contribution in [0, 0.1) is 0 Å². The van der Waals surface area contributed by atoms with E-state index in [9.17, 15) is 9.59 Å². The van der Waals surface area contributed by atoms with Crippen LogP contribution in [0.15, 0.2) is 48.5 Å². The minimum Gasteiger partial charge on any atom is -0.497 e. The number of likely N-dealkylation sites (N-methyl/N-ethyl adjacent to an activating group) is 1. The van der Waals surface area contributed by atoms with Crippen molar-refractivity contribution in [2.75, 3.05) is 26.0 Å². The van der Waals surface area contributed by atoms with Gasteiger partial charge in [-0.2, -0.15) is 0 Å². The third kappa shape index (κ3) is 4.05. The van der Waals surface area contributed by atoms with Gasteiger partial charge in [-0.05, 0) is 43.7 Å². The molecule has 28 heavy (non-hydrogen) atoms. The van der Waals surface area contributed by atoms with Crippen LogP contribution in [0.3, 0.4) is 0 Å². The first-order valence-corrected chi connectivity index (χ1v) is 9.78. The number of benzene rings is 2. The minimum absolute atomic E-state index is 0.0776. The van der Waals surface area contributed by atoms with Crippen molar-refractivity contribution >= 4 is 29.0 Å². The van der Waals surface area contributed by atoms with Crippen LogP contribution in [0.5, 0.6) is 5.75 Å². The summed E-state index contributed by atoms with van der Waals surface area (Å²) in [4.78, 5) is 27.6. The Labute approximate surface area is 170 Å². The van der Waals surface area contributed by atoms with Gasteiger partial charge in [-0.3, -0.25) is 14.5 Å².